The van der Waals surface area contributed by atoms with Crippen LogP contribution >= 0.6 is 24.0 Å². The summed E-state index contributed by atoms with van der Waals surface area (Å²) < 4.78 is 6.00. The molecule has 0 spiro atoms. The molecule has 27 heavy (non-hydrogen) atoms. The molecule has 3 unspecified atom stereocenters. The third kappa shape index (κ3) is 6.24. The van der Waals surface area contributed by atoms with Gasteiger partial charge in [0.1, 0.15) is 11.9 Å². The Morgan fingerprint density at radius 2 is 2.00 bits per heavy atom. The van der Waals surface area contributed by atoms with Gasteiger partial charge in [-0.15, -0.1) is 24.0 Å². The van der Waals surface area contributed by atoms with Gasteiger partial charge < -0.3 is 20.3 Å². The van der Waals surface area contributed by atoms with E-state index in [0.29, 0.717) is 6.04 Å². The fraction of sp³-hybridized carbons (Fsp3) is 0.667. The number of benzene rings is 1. The molecule has 2 N–H and O–H groups in total. The first kappa shape index (κ1) is 22.3. The number of aryl methyl sites for hydroxylation is 1. The number of hydrogen-bond donors (Lipinski definition) is 2. The number of guanidine groups is 1. The van der Waals surface area contributed by atoms with Crippen LogP contribution in [0.15, 0.2) is 29.3 Å². The van der Waals surface area contributed by atoms with Gasteiger partial charge in [-0.2, -0.15) is 0 Å². The normalized spacial score (nSPS) is 26.7. The first-order valence-corrected chi connectivity index (χ1v) is 9.97. The minimum absolute atomic E-state index is 0. The van der Waals surface area contributed by atoms with Crippen LogP contribution in [-0.4, -0.2) is 55.7 Å². The Kier molecular flexibility index (Phi) is 8.66. The molecule has 0 radical (unpaired) electrons. The van der Waals surface area contributed by atoms with E-state index in [9.17, 15) is 0 Å². The van der Waals surface area contributed by atoms with Crippen LogP contribution in [0.25, 0.3) is 0 Å². The molecule has 152 valence electrons. The number of halogens is 1. The summed E-state index contributed by atoms with van der Waals surface area (Å²) in [6, 6.07) is 10.2. The van der Waals surface area contributed by atoms with Gasteiger partial charge in [-0.1, -0.05) is 18.6 Å². The van der Waals surface area contributed by atoms with Crippen LogP contribution in [0.2, 0.25) is 0 Å². The van der Waals surface area contributed by atoms with Gasteiger partial charge in [0, 0.05) is 25.2 Å². The monoisotopic (exact) mass is 486 g/mol. The van der Waals surface area contributed by atoms with E-state index < -0.39 is 0 Å². The molecule has 2 heterocycles. The lowest BCUT2D eigenvalue weighted by Gasteiger charge is -2.47. The number of rotatable bonds is 5. The number of nitrogens with zero attached hydrogens (tertiary/aromatic N) is 2. The highest BCUT2D eigenvalue weighted by atomic mass is 127. The Bertz CT molecular complexity index is 610. The summed E-state index contributed by atoms with van der Waals surface area (Å²) in [5.74, 6) is 1.81. The van der Waals surface area contributed by atoms with E-state index in [1.165, 1.54) is 37.7 Å². The predicted octanol–water partition coefficient (Wildman–Crippen LogP) is 3.56. The first-order chi connectivity index (χ1) is 12.5. The maximum atomic E-state index is 6.00. The molecule has 1 aromatic rings. The molecule has 2 fully saturated rings. The fourth-order valence-electron chi connectivity index (χ4n) is 4.32. The van der Waals surface area contributed by atoms with E-state index in [4.69, 9.17) is 4.74 Å². The molecule has 6 heteroatoms. The number of hydrogen-bond acceptors (Lipinski definition) is 3. The van der Waals surface area contributed by atoms with Gasteiger partial charge in [0.15, 0.2) is 5.96 Å². The van der Waals surface area contributed by atoms with Crippen LogP contribution in [0.4, 0.5) is 0 Å². The third-order valence-corrected chi connectivity index (χ3v) is 5.79. The molecule has 0 aromatic heterocycles. The second-order valence-corrected chi connectivity index (χ2v) is 7.91. The van der Waals surface area contributed by atoms with Crippen LogP contribution in [0.5, 0.6) is 5.75 Å². The van der Waals surface area contributed by atoms with Crippen LogP contribution in [-0.2, 0) is 0 Å². The van der Waals surface area contributed by atoms with Crippen LogP contribution in [0.1, 0.15) is 44.6 Å². The van der Waals surface area contributed by atoms with Crippen LogP contribution < -0.4 is 15.4 Å². The third-order valence-electron chi connectivity index (χ3n) is 5.79. The minimum atomic E-state index is 0. The highest BCUT2D eigenvalue weighted by molar-refractivity contribution is 14.0. The van der Waals surface area contributed by atoms with Crippen molar-refractivity contribution >= 4 is 29.9 Å². The Morgan fingerprint density at radius 3 is 2.63 bits per heavy atom. The van der Waals surface area contributed by atoms with Gasteiger partial charge in [-0.25, -0.2) is 0 Å². The average Bonchev–Trinajstić information content (AvgIpc) is 2.59. The zero-order chi connectivity index (χ0) is 18.5. The highest BCUT2D eigenvalue weighted by Crippen LogP contribution is 2.32. The van der Waals surface area contributed by atoms with Crippen molar-refractivity contribution in [1.82, 2.24) is 15.5 Å². The summed E-state index contributed by atoms with van der Waals surface area (Å²) in [4.78, 5) is 7.01. The Morgan fingerprint density at radius 1 is 1.30 bits per heavy atom. The van der Waals surface area contributed by atoms with Crippen molar-refractivity contribution in [2.75, 3.05) is 20.6 Å². The van der Waals surface area contributed by atoms with Crippen molar-refractivity contribution in [2.24, 2.45) is 4.99 Å². The van der Waals surface area contributed by atoms with E-state index >= 15 is 0 Å². The second kappa shape index (κ2) is 10.5. The molecular formula is C21H35IN4O. The molecule has 0 amide bonds. The van der Waals surface area contributed by atoms with Gasteiger partial charge in [-0.05, 0) is 64.3 Å². The Balaban J connectivity index is 0.00000261. The molecule has 2 saturated heterocycles. The molecule has 2 aliphatic rings. The zero-order valence-corrected chi connectivity index (χ0v) is 19.4. The van der Waals surface area contributed by atoms with Crippen molar-refractivity contribution in [3.05, 3.63) is 29.8 Å². The van der Waals surface area contributed by atoms with Gasteiger partial charge >= 0.3 is 0 Å². The first-order valence-electron chi connectivity index (χ1n) is 9.97. The van der Waals surface area contributed by atoms with Crippen molar-refractivity contribution in [1.29, 1.82) is 0 Å². The summed E-state index contributed by atoms with van der Waals surface area (Å²) in [6.45, 7) is 4.90. The quantitative estimate of drug-likeness (QED) is 0.380. The average molecular weight is 486 g/mol. The van der Waals surface area contributed by atoms with Gasteiger partial charge in [0.25, 0.3) is 0 Å². The smallest absolute Gasteiger partial charge is 0.191 e. The van der Waals surface area contributed by atoms with E-state index in [0.717, 1.165) is 30.3 Å². The second-order valence-electron chi connectivity index (χ2n) is 7.91. The lowest BCUT2D eigenvalue weighted by molar-refractivity contribution is 0.0526. The topological polar surface area (TPSA) is 48.9 Å². The predicted molar refractivity (Wildman–Crippen MR) is 123 cm³/mol. The van der Waals surface area contributed by atoms with Gasteiger partial charge in [0.05, 0.1) is 6.54 Å². The SMILES string of the molecule is CN=C(NCC(C)Oc1cccc(C)c1)NC1CC2CCCC(C1)N2C.I. The van der Waals surface area contributed by atoms with E-state index in [2.05, 4.69) is 53.6 Å². The molecule has 1 aromatic carbocycles. The summed E-state index contributed by atoms with van der Waals surface area (Å²) in [5.41, 5.74) is 1.22. The molecule has 3 rings (SSSR count). The Hall–Kier alpha value is -1.02. The lowest BCUT2D eigenvalue weighted by atomic mass is 9.82. The summed E-state index contributed by atoms with van der Waals surface area (Å²) in [5, 5.41) is 7.07. The molecule has 2 aliphatic heterocycles. The van der Waals surface area contributed by atoms with Crippen molar-refractivity contribution in [3.63, 3.8) is 0 Å². The summed E-state index contributed by atoms with van der Waals surface area (Å²) in [6.07, 6.45) is 6.54. The number of ether oxygens (including phenoxy) is 1. The van der Waals surface area contributed by atoms with Crippen molar-refractivity contribution in [2.45, 2.75) is 70.2 Å². The van der Waals surface area contributed by atoms with E-state index in [-0.39, 0.29) is 30.1 Å². The Labute approximate surface area is 181 Å². The molecule has 0 saturated carbocycles. The van der Waals surface area contributed by atoms with Crippen LogP contribution in [0, 0.1) is 6.92 Å². The summed E-state index contributed by atoms with van der Waals surface area (Å²) >= 11 is 0. The standard InChI is InChI=1S/C21H34N4O.HI/c1-15-7-5-10-20(11-15)26-16(2)14-23-21(22-3)24-17-12-18-8-6-9-19(13-17)25(18)4;/h5,7,10-11,16-19H,6,8-9,12-14H2,1-4H3,(H2,22,23,24);1H. The number of piperidine rings is 2. The van der Waals surface area contributed by atoms with E-state index in [1.54, 1.807) is 0 Å². The van der Waals surface area contributed by atoms with Gasteiger partial charge in [0.2, 0.25) is 0 Å². The minimum Gasteiger partial charge on any atom is -0.489 e. The van der Waals surface area contributed by atoms with Gasteiger partial charge in [-0.3, -0.25) is 4.99 Å². The maximum Gasteiger partial charge on any atom is 0.191 e. The largest absolute Gasteiger partial charge is 0.489 e. The zero-order valence-electron chi connectivity index (χ0n) is 17.1. The molecule has 3 atom stereocenters. The maximum absolute atomic E-state index is 6.00. The highest BCUT2D eigenvalue weighted by Gasteiger charge is 2.36. The van der Waals surface area contributed by atoms with Crippen molar-refractivity contribution < 1.29 is 4.74 Å². The van der Waals surface area contributed by atoms with Crippen LogP contribution in [0.3, 0.4) is 0 Å². The lowest BCUT2D eigenvalue weighted by Crippen LogP contribution is -2.57. The molecule has 0 aliphatic carbocycles. The number of nitrogens with one attached hydrogen (secondary N) is 2. The van der Waals surface area contributed by atoms with Crippen molar-refractivity contribution in [3.8, 4) is 5.75 Å². The fourth-order valence-corrected chi connectivity index (χ4v) is 4.32. The summed E-state index contributed by atoms with van der Waals surface area (Å²) in [7, 11) is 4.14. The molecule has 5 nitrogen and oxygen atoms in total. The number of fused-ring (bicyclic) bond motifs is 2. The van der Waals surface area contributed by atoms with E-state index in [1.807, 2.05) is 19.2 Å². The molecule has 2 bridgehead atoms. The number of aliphatic imine (C=N–C) groups is 1. The molecular weight excluding hydrogens is 451 g/mol.